The molecule has 0 atom stereocenters. The van der Waals surface area contributed by atoms with Crippen LogP contribution in [0.4, 0.5) is 0 Å². The van der Waals surface area contributed by atoms with Gasteiger partial charge in [0.1, 0.15) is 6.34 Å². The molecule has 4 heteroatoms. The van der Waals surface area contributed by atoms with Gasteiger partial charge in [0.15, 0.2) is 5.78 Å². The minimum atomic E-state index is 0.0925. The fraction of sp³-hybridized carbons (Fsp3) is 0.600. The number of nitrogens with zero attached hydrogens (tertiary/aromatic N) is 1. The molecule has 0 spiro atoms. The predicted molar refractivity (Wildman–Crippen MR) is 33.6 cm³/mol. The normalized spacial score (nSPS) is 9.89. The summed E-state index contributed by atoms with van der Waals surface area (Å²) in [6.07, 6.45) is 1.58. The van der Waals surface area contributed by atoms with Gasteiger partial charge in [-0.3, -0.25) is 4.79 Å². The lowest BCUT2D eigenvalue weighted by molar-refractivity contribution is -0.117. The molecule has 9 heavy (non-hydrogen) atoms. The zero-order chi connectivity index (χ0) is 7.11. The summed E-state index contributed by atoms with van der Waals surface area (Å²) in [5, 5.41) is 13.0. The van der Waals surface area contributed by atoms with E-state index in [4.69, 9.17) is 5.21 Å². The number of oxime groups is 1. The van der Waals surface area contributed by atoms with Gasteiger partial charge in [0.25, 0.3) is 0 Å². The Morgan fingerprint density at radius 2 is 2.56 bits per heavy atom. The summed E-state index contributed by atoms with van der Waals surface area (Å²) >= 11 is 0. The molecule has 0 radical (unpaired) electrons. The number of hydrogen-bond donors (Lipinski definition) is 2. The number of hydrogen-bond acceptors (Lipinski definition) is 3. The maximum atomic E-state index is 10.5. The molecule has 0 rings (SSSR count). The Labute approximate surface area is 53.6 Å². The van der Waals surface area contributed by atoms with Gasteiger partial charge in [0.2, 0.25) is 0 Å². The quantitative estimate of drug-likeness (QED) is 0.243. The Morgan fingerprint density at radius 1 is 1.89 bits per heavy atom. The van der Waals surface area contributed by atoms with Crippen LogP contribution in [0.25, 0.3) is 0 Å². The number of carbonyl (C=O) groups excluding carboxylic acids is 1. The molecule has 0 heterocycles. The largest absolute Gasteiger partial charge is 0.410 e. The van der Waals surface area contributed by atoms with Crippen molar-refractivity contribution >= 4 is 12.1 Å². The van der Waals surface area contributed by atoms with Crippen LogP contribution in [0.15, 0.2) is 5.16 Å². The number of nitrogens with one attached hydrogen (secondary N) is 1. The second kappa shape index (κ2) is 5.08. The number of ketones is 1. The van der Waals surface area contributed by atoms with E-state index in [1.807, 2.05) is 0 Å². The second-order valence-electron chi connectivity index (χ2n) is 1.52. The van der Waals surface area contributed by atoms with E-state index in [-0.39, 0.29) is 12.3 Å². The van der Waals surface area contributed by atoms with Crippen molar-refractivity contribution in [3.63, 3.8) is 0 Å². The molecule has 0 bridgehead atoms. The van der Waals surface area contributed by atoms with Crippen LogP contribution in [-0.2, 0) is 4.79 Å². The fourth-order valence-corrected chi connectivity index (χ4v) is 0.325. The Hall–Kier alpha value is -1.06. The standard InChI is InChI=1S/C5H10N2O2/c1-2-5(8)3-6-4-7-9/h4,9H,2-3H2,1H3,(H,6,7). The Bertz CT molecular complexity index is 112. The fourth-order valence-electron chi connectivity index (χ4n) is 0.325. The molecule has 0 fully saturated rings. The third kappa shape index (κ3) is 4.80. The number of rotatable bonds is 4. The van der Waals surface area contributed by atoms with Crippen molar-refractivity contribution in [2.24, 2.45) is 5.16 Å². The first-order valence-corrected chi connectivity index (χ1v) is 2.72. The van der Waals surface area contributed by atoms with Gasteiger partial charge in [0.05, 0.1) is 6.54 Å². The van der Waals surface area contributed by atoms with E-state index in [2.05, 4.69) is 10.5 Å². The van der Waals surface area contributed by atoms with Gasteiger partial charge in [-0.15, -0.1) is 0 Å². The highest BCUT2D eigenvalue weighted by Crippen LogP contribution is 1.74. The van der Waals surface area contributed by atoms with Gasteiger partial charge in [-0.05, 0) is 0 Å². The zero-order valence-corrected chi connectivity index (χ0v) is 5.29. The lowest BCUT2D eigenvalue weighted by Crippen LogP contribution is -2.20. The van der Waals surface area contributed by atoms with Crippen molar-refractivity contribution in [3.8, 4) is 0 Å². The van der Waals surface area contributed by atoms with Crippen LogP contribution in [0, 0.1) is 0 Å². The molecule has 0 saturated carbocycles. The summed E-state index contributed by atoms with van der Waals surface area (Å²) in [6.45, 7) is 2.01. The second-order valence-corrected chi connectivity index (χ2v) is 1.52. The molecule has 0 aromatic rings. The summed E-state index contributed by atoms with van der Waals surface area (Å²) in [5.41, 5.74) is 0. The highest BCUT2D eigenvalue weighted by atomic mass is 16.4. The maximum Gasteiger partial charge on any atom is 0.151 e. The molecule has 0 aliphatic heterocycles. The third-order valence-electron chi connectivity index (χ3n) is 0.843. The van der Waals surface area contributed by atoms with Crippen LogP contribution in [0.1, 0.15) is 13.3 Å². The van der Waals surface area contributed by atoms with Crippen molar-refractivity contribution in [2.45, 2.75) is 13.3 Å². The smallest absolute Gasteiger partial charge is 0.151 e. The molecule has 0 saturated heterocycles. The molecule has 2 N–H and O–H groups in total. The van der Waals surface area contributed by atoms with Crippen molar-refractivity contribution in [1.82, 2.24) is 5.32 Å². The van der Waals surface area contributed by atoms with Gasteiger partial charge < -0.3 is 10.5 Å². The highest BCUT2D eigenvalue weighted by molar-refractivity contribution is 5.81. The Balaban J connectivity index is 3.17. The summed E-state index contributed by atoms with van der Waals surface area (Å²) in [5.74, 6) is 0.0925. The molecule has 0 amide bonds. The van der Waals surface area contributed by atoms with E-state index in [9.17, 15) is 4.79 Å². The predicted octanol–water partition coefficient (Wildman–Crippen LogP) is -0.0274. The average molecular weight is 130 g/mol. The molecule has 52 valence electrons. The molecular formula is C5H10N2O2. The summed E-state index contributed by atoms with van der Waals surface area (Å²) in [7, 11) is 0. The van der Waals surface area contributed by atoms with Crippen LogP contribution in [0.2, 0.25) is 0 Å². The number of Topliss-reactive ketones (excluding diaryl/α,β-unsaturated/α-hetero) is 1. The lowest BCUT2D eigenvalue weighted by atomic mass is 10.3. The molecular weight excluding hydrogens is 120 g/mol. The van der Waals surface area contributed by atoms with Crippen molar-refractivity contribution < 1.29 is 10.0 Å². The topological polar surface area (TPSA) is 61.7 Å². The molecule has 4 nitrogen and oxygen atoms in total. The molecule has 0 aliphatic carbocycles. The van der Waals surface area contributed by atoms with Gasteiger partial charge in [-0.25, -0.2) is 0 Å². The zero-order valence-electron chi connectivity index (χ0n) is 5.29. The van der Waals surface area contributed by atoms with Crippen LogP contribution in [-0.4, -0.2) is 23.9 Å². The molecule has 0 unspecified atom stereocenters. The van der Waals surface area contributed by atoms with Crippen LogP contribution >= 0.6 is 0 Å². The van der Waals surface area contributed by atoms with Gasteiger partial charge in [-0.2, -0.15) is 0 Å². The minimum Gasteiger partial charge on any atom is -0.410 e. The summed E-state index contributed by atoms with van der Waals surface area (Å²) in [4.78, 5) is 10.5. The van der Waals surface area contributed by atoms with Crippen LogP contribution < -0.4 is 5.32 Å². The average Bonchev–Trinajstić information content (AvgIpc) is 1.89. The summed E-state index contributed by atoms with van der Waals surface area (Å²) < 4.78 is 0. The SMILES string of the molecule is CCC(=O)CNC=NO. The van der Waals surface area contributed by atoms with Crippen LogP contribution in [0.3, 0.4) is 0 Å². The molecule has 0 aliphatic rings. The third-order valence-corrected chi connectivity index (χ3v) is 0.843. The monoisotopic (exact) mass is 130 g/mol. The Morgan fingerprint density at radius 3 is 3.00 bits per heavy atom. The molecule has 0 aromatic carbocycles. The van der Waals surface area contributed by atoms with E-state index in [1.54, 1.807) is 6.92 Å². The van der Waals surface area contributed by atoms with Gasteiger partial charge in [0, 0.05) is 6.42 Å². The van der Waals surface area contributed by atoms with E-state index < -0.39 is 0 Å². The molecule has 0 aromatic heterocycles. The van der Waals surface area contributed by atoms with Gasteiger partial charge in [-0.1, -0.05) is 12.1 Å². The van der Waals surface area contributed by atoms with E-state index in [0.29, 0.717) is 6.42 Å². The minimum absolute atomic E-state index is 0.0925. The van der Waals surface area contributed by atoms with Crippen LogP contribution in [0.5, 0.6) is 0 Å². The first-order valence-electron chi connectivity index (χ1n) is 2.72. The Kier molecular flexibility index (Phi) is 4.49. The van der Waals surface area contributed by atoms with Crippen molar-refractivity contribution in [3.05, 3.63) is 0 Å². The van der Waals surface area contributed by atoms with Gasteiger partial charge >= 0.3 is 0 Å². The number of carbonyl (C=O) groups is 1. The van der Waals surface area contributed by atoms with Crippen molar-refractivity contribution in [1.29, 1.82) is 0 Å². The first kappa shape index (κ1) is 7.94. The van der Waals surface area contributed by atoms with E-state index in [1.165, 1.54) is 0 Å². The first-order chi connectivity index (χ1) is 4.31. The highest BCUT2D eigenvalue weighted by Gasteiger charge is 1.92. The van der Waals surface area contributed by atoms with E-state index >= 15 is 0 Å². The maximum absolute atomic E-state index is 10.5. The summed E-state index contributed by atoms with van der Waals surface area (Å²) in [6, 6.07) is 0. The van der Waals surface area contributed by atoms with Crippen molar-refractivity contribution in [2.75, 3.05) is 6.54 Å². The van der Waals surface area contributed by atoms with E-state index in [0.717, 1.165) is 6.34 Å². The lowest BCUT2D eigenvalue weighted by Gasteiger charge is -1.93.